The van der Waals surface area contributed by atoms with E-state index in [0.717, 1.165) is 24.4 Å². The highest BCUT2D eigenvalue weighted by molar-refractivity contribution is 5.78. The van der Waals surface area contributed by atoms with E-state index in [1.165, 1.54) is 25.7 Å². The molecule has 1 aromatic carbocycles. The van der Waals surface area contributed by atoms with E-state index in [1.54, 1.807) is 7.11 Å². The molecule has 0 amide bonds. The van der Waals surface area contributed by atoms with Crippen LogP contribution in [0.3, 0.4) is 0 Å². The fraction of sp³-hybridized carbons (Fsp3) is 0.471. The van der Waals surface area contributed by atoms with Gasteiger partial charge in [-0.25, -0.2) is 9.98 Å². The number of rotatable bonds is 4. The van der Waals surface area contributed by atoms with Gasteiger partial charge in [-0.05, 0) is 37.1 Å². The number of ether oxygens (including phenoxy) is 1. The molecule has 2 heterocycles. The summed E-state index contributed by atoms with van der Waals surface area (Å²) < 4.78 is 5.16. The maximum Gasteiger partial charge on any atom is 0.191 e. The van der Waals surface area contributed by atoms with Crippen molar-refractivity contribution in [2.45, 2.75) is 32.2 Å². The minimum Gasteiger partial charge on any atom is -0.497 e. The van der Waals surface area contributed by atoms with Gasteiger partial charge in [0, 0.05) is 18.7 Å². The summed E-state index contributed by atoms with van der Waals surface area (Å²) >= 11 is 0. The van der Waals surface area contributed by atoms with Crippen LogP contribution in [0.25, 0.3) is 11.4 Å². The van der Waals surface area contributed by atoms with Crippen LogP contribution in [0.1, 0.15) is 31.5 Å². The second-order valence-corrected chi connectivity index (χ2v) is 5.91. The zero-order valence-corrected chi connectivity index (χ0v) is 14.0. The molecule has 2 aromatic rings. The average Bonchev–Trinajstić information content (AvgIpc) is 2.92. The highest BCUT2D eigenvalue weighted by Crippen LogP contribution is 2.19. The number of methoxy groups -OCH3 is 1. The van der Waals surface area contributed by atoms with E-state index < -0.39 is 0 Å². The van der Waals surface area contributed by atoms with Crippen LogP contribution in [0, 0.1) is 0 Å². The van der Waals surface area contributed by atoms with Gasteiger partial charge in [0.15, 0.2) is 11.8 Å². The van der Waals surface area contributed by atoms with E-state index >= 15 is 0 Å². The van der Waals surface area contributed by atoms with Gasteiger partial charge >= 0.3 is 0 Å². The predicted octanol–water partition coefficient (Wildman–Crippen LogP) is 2.17. The number of aliphatic imine (C=N–C) groups is 1. The number of H-pyrrole nitrogens is 1. The highest BCUT2D eigenvalue weighted by Gasteiger charge is 2.11. The van der Waals surface area contributed by atoms with Crippen LogP contribution in [0.15, 0.2) is 29.3 Å². The molecule has 0 saturated carbocycles. The van der Waals surface area contributed by atoms with E-state index in [1.807, 2.05) is 24.3 Å². The standard InChI is InChI=1S/C17H24N6O/c1-24-14-8-6-13(7-9-14)16-20-15(21-22-16)12-19-17(18)23-10-4-2-3-5-11-23/h6-9H,2-5,10-12H2,1H3,(H2,18,19)(H,20,21,22). The van der Waals surface area contributed by atoms with Gasteiger partial charge < -0.3 is 15.4 Å². The molecule has 0 radical (unpaired) electrons. The Morgan fingerprint density at radius 1 is 1.21 bits per heavy atom. The smallest absolute Gasteiger partial charge is 0.191 e. The van der Waals surface area contributed by atoms with Crippen molar-refractivity contribution >= 4 is 5.96 Å². The summed E-state index contributed by atoms with van der Waals surface area (Å²) in [7, 11) is 1.65. The van der Waals surface area contributed by atoms with Gasteiger partial charge in [-0.2, -0.15) is 5.10 Å². The first-order chi connectivity index (χ1) is 11.8. The van der Waals surface area contributed by atoms with Gasteiger partial charge in [-0.15, -0.1) is 0 Å². The zero-order valence-electron chi connectivity index (χ0n) is 14.0. The summed E-state index contributed by atoms with van der Waals surface area (Å²) in [5.41, 5.74) is 7.05. The lowest BCUT2D eigenvalue weighted by Gasteiger charge is -2.20. The summed E-state index contributed by atoms with van der Waals surface area (Å²) in [5, 5.41) is 7.18. The van der Waals surface area contributed by atoms with E-state index in [2.05, 4.69) is 25.1 Å². The molecule has 0 atom stereocenters. The SMILES string of the molecule is COc1ccc(-c2n[nH]c(CN=C(N)N3CCCCCC3)n2)cc1. The molecule has 1 fully saturated rings. The third-order valence-electron chi connectivity index (χ3n) is 4.20. The minimum atomic E-state index is 0.408. The number of benzene rings is 1. The van der Waals surface area contributed by atoms with Crippen molar-refractivity contribution in [2.75, 3.05) is 20.2 Å². The Hall–Kier alpha value is -2.57. The van der Waals surface area contributed by atoms with Crippen molar-refractivity contribution in [1.29, 1.82) is 0 Å². The minimum absolute atomic E-state index is 0.408. The first-order valence-electron chi connectivity index (χ1n) is 8.37. The van der Waals surface area contributed by atoms with E-state index in [-0.39, 0.29) is 0 Å². The van der Waals surface area contributed by atoms with Crippen LogP contribution in [-0.2, 0) is 6.54 Å². The monoisotopic (exact) mass is 328 g/mol. The third-order valence-corrected chi connectivity index (χ3v) is 4.20. The molecular weight excluding hydrogens is 304 g/mol. The van der Waals surface area contributed by atoms with Gasteiger partial charge in [0.1, 0.15) is 18.1 Å². The number of hydrogen-bond acceptors (Lipinski definition) is 4. The topological polar surface area (TPSA) is 92.4 Å². The molecule has 0 spiro atoms. The van der Waals surface area contributed by atoms with Crippen LogP contribution in [0.5, 0.6) is 5.75 Å². The Balaban J connectivity index is 1.63. The first-order valence-corrected chi connectivity index (χ1v) is 8.37. The number of nitrogens with zero attached hydrogens (tertiary/aromatic N) is 4. The van der Waals surface area contributed by atoms with Crippen LogP contribution in [0.4, 0.5) is 0 Å². The number of nitrogens with two attached hydrogens (primary N) is 1. The fourth-order valence-corrected chi connectivity index (χ4v) is 2.79. The highest BCUT2D eigenvalue weighted by atomic mass is 16.5. The number of aromatic nitrogens is 3. The number of hydrogen-bond donors (Lipinski definition) is 2. The Kier molecular flexibility index (Phi) is 5.30. The van der Waals surface area contributed by atoms with Gasteiger partial charge in [0.2, 0.25) is 0 Å². The second kappa shape index (κ2) is 7.81. The Labute approximate surface area is 141 Å². The molecule has 24 heavy (non-hydrogen) atoms. The van der Waals surface area contributed by atoms with Crippen molar-refractivity contribution in [3.8, 4) is 17.1 Å². The van der Waals surface area contributed by atoms with Crippen LogP contribution in [-0.4, -0.2) is 46.2 Å². The Morgan fingerprint density at radius 3 is 2.58 bits per heavy atom. The van der Waals surface area contributed by atoms with Gasteiger partial charge in [-0.1, -0.05) is 12.8 Å². The molecule has 128 valence electrons. The lowest BCUT2D eigenvalue weighted by atomic mass is 10.2. The quantitative estimate of drug-likeness (QED) is 0.663. The number of guanidine groups is 1. The molecule has 0 bridgehead atoms. The summed E-state index contributed by atoms with van der Waals surface area (Å²) in [4.78, 5) is 11.1. The molecule has 7 heteroatoms. The largest absolute Gasteiger partial charge is 0.497 e. The zero-order chi connectivity index (χ0) is 16.8. The predicted molar refractivity (Wildman–Crippen MR) is 93.7 cm³/mol. The third kappa shape index (κ3) is 4.04. The van der Waals surface area contributed by atoms with Gasteiger partial charge in [-0.3, -0.25) is 5.10 Å². The van der Waals surface area contributed by atoms with Crippen molar-refractivity contribution < 1.29 is 4.74 Å². The number of likely N-dealkylation sites (tertiary alicyclic amines) is 1. The maximum atomic E-state index is 6.12. The van der Waals surface area contributed by atoms with E-state index in [0.29, 0.717) is 24.2 Å². The Morgan fingerprint density at radius 2 is 1.92 bits per heavy atom. The Bertz CT molecular complexity index is 671. The van der Waals surface area contributed by atoms with Crippen molar-refractivity contribution in [1.82, 2.24) is 20.1 Å². The summed E-state index contributed by atoms with van der Waals surface area (Å²) in [5.74, 6) is 2.76. The average molecular weight is 328 g/mol. The lowest BCUT2D eigenvalue weighted by molar-refractivity contribution is 0.415. The molecule has 1 saturated heterocycles. The van der Waals surface area contributed by atoms with E-state index in [4.69, 9.17) is 10.5 Å². The van der Waals surface area contributed by atoms with Gasteiger partial charge in [0.25, 0.3) is 0 Å². The van der Waals surface area contributed by atoms with Gasteiger partial charge in [0.05, 0.1) is 7.11 Å². The molecule has 3 rings (SSSR count). The van der Waals surface area contributed by atoms with Crippen LogP contribution in [0.2, 0.25) is 0 Å². The summed E-state index contributed by atoms with van der Waals surface area (Å²) in [6, 6.07) is 7.64. The van der Waals surface area contributed by atoms with Crippen molar-refractivity contribution in [3.63, 3.8) is 0 Å². The lowest BCUT2D eigenvalue weighted by Crippen LogP contribution is -2.38. The molecular formula is C17H24N6O. The molecule has 0 unspecified atom stereocenters. The first kappa shape index (κ1) is 16.3. The molecule has 1 aromatic heterocycles. The second-order valence-electron chi connectivity index (χ2n) is 5.91. The molecule has 1 aliphatic heterocycles. The van der Waals surface area contributed by atoms with Crippen molar-refractivity contribution in [3.05, 3.63) is 30.1 Å². The molecule has 7 nitrogen and oxygen atoms in total. The fourth-order valence-electron chi connectivity index (χ4n) is 2.79. The number of nitrogens with one attached hydrogen (secondary N) is 1. The molecule has 3 N–H and O–H groups in total. The summed E-state index contributed by atoms with van der Waals surface area (Å²) in [6.07, 6.45) is 4.91. The van der Waals surface area contributed by atoms with Crippen LogP contribution >= 0.6 is 0 Å². The molecule has 0 aliphatic carbocycles. The maximum absolute atomic E-state index is 6.12. The van der Waals surface area contributed by atoms with Crippen LogP contribution < -0.4 is 10.5 Å². The van der Waals surface area contributed by atoms with Crippen molar-refractivity contribution in [2.24, 2.45) is 10.7 Å². The van der Waals surface area contributed by atoms with E-state index in [9.17, 15) is 0 Å². The summed E-state index contributed by atoms with van der Waals surface area (Å²) in [6.45, 7) is 2.39. The normalized spacial score (nSPS) is 16.0. The molecule has 1 aliphatic rings. The number of aromatic amines is 1.